The van der Waals surface area contributed by atoms with Gasteiger partial charge in [-0.2, -0.15) is 5.10 Å². The first-order valence-corrected chi connectivity index (χ1v) is 8.73. The van der Waals surface area contributed by atoms with E-state index in [0.29, 0.717) is 23.0 Å². The van der Waals surface area contributed by atoms with Gasteiger partial charge in [0.05, 0.1) is 4.70 Å². The van der Waals surface area contributed by atoms with Crippen LogP contribution in [0.1, 0.15) is 34.9 Å². The lowest BCUT2D eigenvalue weighted by Gasteiger charge is -2.32. The van der Waals surface area contributed by atoms with Gasteiger partial charge < -0.3 is 10.6 Å². The Morgan fingerprint density at radius 3 is 3.00 bits per heavy atom. The van der Waals surface area contributed by atoms with Crippen LogP contribution in [0.25, 0.3) is 10.3 Å². The molecule has 3 aromatic rings. The summed E-state index contributed by atoms with van der Waals surface area (Å²) in [5.74, 6) is 0.206. The summed E-state index contributed by atoms with van der Waals surface area (Å²) in [7, 11) is 1.81. The topological polar surface area (TPSA) is 89.9 Å². The van der Waals surface area contributed by atoms with E-state index in [4.69, 9.17) is 5.73 Å². The fraction of sp³-hybridized carbons (Fsp3) is 0.375. The number of fused-ring (bicyclic) bond motifs is 1. The highest BCUT2D eigenvalue weighted by Gasteiger charge is 2.27. The normalized spacial score (nSPS) is 18.2. The second-order valence-electron chi connectivity index (χ2n) is 6.07. The highest BCUT2D eigenvalue weighted by atomic mass is 32.1. The number of nitrogens with zero attached hydrogens (tertiary/aromatic N) is 5. The quantitative estimate of drug-likeness (QED) is 0.769. The molecule has 1 atom stereocenters. The summed E-state index contributed by atoms with van der Waals surface area (Å²) in [4.78, 5) is 23.4. The second-order valence-corrected chi connectivity index (χ2v) is 7.14. The lowest BCUT2D eigenvalue weighted by molar-refractivity contribution is 0.0699. The van der Waals surface area contributed by atoms with E-state index >= 15 is 0 Å². The Morgan fingerprint density at radius 2 is 2.21 bits per heavy atom. The number of carbonyl (C=O) groups is 1. The molecular weight excluding hydrogens is 324 g/mol. The first kappa shape index (κ1) is 15.1. The van der Waals surface area contributed by atoms with Crippen LogP contribution in [0.3, 0.4) is 0 Å². The Bertz CT molecular complexity index is 901. The van der Waals surface area contributed by atoms with Crippen LogP contribution < -0.4 is 5.73 Å². The van der Waals surface area contributed by atoms with Crippen LogP contribution in [0.5, 0.6) is 0 Å². The van der Waals surface area contributed by atoms with Crippen LogP contribution >= 0.6 is 11.3 Å². The number of anilines is 1. The van der Waals surface area contributed by atoms with E-state index in [1.165, 1.54) is 11.3 Å². The van der Waals surface area contributed by atoms with Crippen molar-refractivity contribution in [3.8, 4) is 0 Å². The number of nitrogens with two attached hydrogens (primary N) is 1. The summed E-state index contributed by atoms with van der Waals surface area (Å²) in [5, 5.41) is 4.75. The third-order valence-corrected chi connectivity index (χ3v) is 5.19. The number of amides is 1. The first-order valence-electron chi connectivity index (χ1n) is 7.92. The van der Waals surface area contributed by atoms with Gasteiger partial charge in [-0.3, -0.25) is 9.48 Å². The van der Waals surface area contributed by atoms with E-state index in [0.717, 1.165) is 29.8 Å². The van der Waals surface area contributed by atoms with E-state index in [1.807, 2.05) is 24.1 Å². The molecule has 1 fully saturated rings. The van der Waals surface area contributed by atoms with E-state index < -0.39 is 0 Å². The average Bonchev–Trinajstić information content (AvgIpc) is 3.18. The summed E-state index contributed by atoms with van der Waals surface area (Å²) in [6, 6.07) is 5.80. The molecule has 3 aromatic heterocycles. The van der Waals surface area contributed by atoms with Gasteiger partial charge in [0.25, 0.3) is 5.91 Å². The molecule has 1 saturated heterocycles. The van der Waals surface area contributed by atoms with E-state index in [2.05, 4.69) is 15.1 Å². The highest BCUT2D eigenvalue weighted by molar-refractivity contribution is 7.21. The van der Waals surface area contributed by atoms with Crippen molar-refractivity contribution in [3.63, 3.8) is 0 Å². The number of likely N-dealkylation sites (tertiary alicyclic amines) is 1. The van der Waals surface area contributed by atoms with Gasteiger partial charge in [0.1, 0.15) is 5.69 Å². The number of hydrogen-bond acceptors (Lipinski definition) is 6. The summed E-state index contributed by atoms with van der Waals surface area (Å²) >= 11 is 1.44. The maximum atomic E-state index is 12.6. The molecule has 4 rings (SSSR count). The number of rotatable bonds is 2. The number of aromatic nitrogens is 4. The molecule has 24 heavy (non-hydrogen) atoms. The van der Waals surface area contributed by atoms with Crippen molar-refractivity contribution in [2.24, 2.45) is 7.05 Å². The Hall–Kier alpha value is -2.48. The van der Waals surface area contributed by atoms with Gasteiger partial charge in [-0.05, 0) is 31.0 Å². The van der Waals surface area contributed by atoms with Crippen molar-refractivity contribution in [2.75, 3.05) is 18.8 Å². The van der Waals surface area contributed by atoms with Crippen molar-refractivity contribution < 1.29 is 4.79 Å². The minimum Gasteiger partial charge on any atom is -0.375 e. The monoisotopic (exact) mass is 342 g/mol. The Kier molecular flexibility index (Phi) is 3.68. The Labute approximate surface area is 143 Å². The van der Waals surface area contributed by atoms with Crippen LogP contribution in [0.4, 0.5) is 5.13 Å². The van der Waals surface area contributed by atoms with Gasteiger partial charge in [-0.1, -0.05) is 11.3 Å². The summed E-state index contributed by atoms with van der Waals surface area (Å²) in [5.41, 5.74) is 7.92. The Morgan fingerprint density at radius 1 is 1.33 bits per heavy atom. The molecule has 0 bridgehead atoms. The second kappa shape index (κ2) is 5.86. The molecule has 0 spiro atoms. The molecule has 7 nitrogen and oxygen atoms in total. The van der Waals surface area contributed by atoms with Gasteiger partial charge in [-0.15, -0.1) is 0 Å². The van der Waals surface area contributed by atoms with Gasteiger partial charge in [0.2, 0.25) is 0 Å². The molecule has 2 N–H and O–H groups in total. The maximum Gasteiger partial charge on any atom is 0.274 e. The van der Waals surface area contributed by atoms with Crippen molar-refractivity contribution in [2.45, 2.75) is 18.8 Å². The molecular formula is C16H18N6OS. The molecule has 0 saturated carbocycles. The number of hydrogen-bond donors (Lipinski definition) is 1. The molecule has 1 amide bonds. The molecule has 1 aliphatic heterocycles. The van der Waals surface area contributed by atoms with Crippen LogP contribution in [0.2, 0.25) is 0 Å². The molecule has 1 aliphatic rings. The summed E-state index contributed by atoms with van der Waals surface area (Å²) in [6.07, 6.45) is 3.77. The zero-order chi connectivity index (χ0) is 16.7. The van der Waals surface area contributed by atoms with Crippen LogP contribution in [-0.4, -0.2) is 43.6 Å². The summed E-state index contributed by atoms with van der Waals surface area (Å²) in [6.45, 7) is 1.42. The number of nitrogen functional groups attached to an aromatic ring is 1. The van der Waals surface area contributed by atoms with Crippen molar-refractivity contribution in [3.05, 3.63) is 35.8 Å². The number of aryl methyl sites for hydroxylation is 1. The first-order chi connectivity index (χ1) is 11.6. The highest BCUT2D eigenvalue weighted by Crippen LogP contribution is 2.29. The maximum absolute atomic E-state index is 12.6. The van der Waals surface area contributed by atoms with E-state index in [1.54, 1.807) is 16.9 Å². The van der Waals surface area contributed by atoms with Crippen LogP contribution in [0.15, 0.2) is 24.4 Å². The molecule has 124 valence electrons. The van der Waals surface area contributed by atoms with Gasteiger partial charge >= 0.3 is 0 Å². The average molecular weight is 342 g/mol. The SMILES string of the molecule is Cn1ccc(C(=O)N2CCC[C@H](c3ccc4sc(N)nc4n3)C2)n1. The molecule has 4 heterocycles. The third kappa shape index (κ3) is 2.73. The van der Waals surface area contributed by atoms with E-state index in [-0.39, 0.29) is 11.8 Å². The van der Waals surface area contributed by atoms with Crippen molar-refractivity contribution in [1.82, 2.24) is 24.6 Å². The third-order valence-electron chi connectivity index (χ3n) is 4.35. The zero-order valence-electron chi connectivity index (χ0n) is 13.3. The Balaban J connectivity index is 1.56. The molecule has 0 unspecified atom stereocenters. The predicted molar refractivity (Wildman–Crippen MR) is 92.9 cm³/mol. The van der Waals surface area contributed by atoms with Gasteiger partial charge in [0, 0.05) is 37.9 Å². The lowest BCUT2D eigenvalue weighted by atomic mass is 9.94. The fourth-order valence-corrected chi connectivity index (χ4v) is 3.85. The summed E-state index contributed by atoms with van der Waals surface area (Å²) < 4.78 is 2.64. The van der Waals surface area contributed by atoms with Crippen molar-refractivity contribution >= 4 is 32.7 Å². The molecule has 0 radical (unpaired) electrons. The molecule has 8 heteroatoms. The largest absolute Gasteiger partial charge is 0.375 e. The van der Waals surface area contributed by atoms with Crippen LogP contribution in [-0.2, 0) is 7.05 Å². The number of carbonyl (C=O) groups excluding carboxylic acids is 1. The zero-order valence-corrected chi connectivity index (χ0v) is 14.2. The molecule has 0 aliphatic carbocycles. The lowest BCUT2D eigenvalue weighted by Crippen LogP contribution is -2.39. The minimum atomic E-state index is -0.0146. The van der Waals surface area contributed by atoms with E-state index in [9.17, 15) is 4.79 Å². The van der Waals surface area contributed by atoms with Crippen LogP contribution in [0, 0.1) is 0 Å². The standard InChI is InChI=1S/C16H18N6OS/c1-21-8-6-12(20-21)15(23)22-7-2-3-10(9-22)11-4-5-13-14(18-11)19-16(17)24-13/h4-6,8,10H,2-3,7,9H2,1H3,(H2,17,18,19)/t10-/m0/s1. The molecule has 0 aromatic carbocycles. The predicted octanol–water partition coefficient (Wildman–Crippen LogP) is 2.03. The minimum absolute atomic E-state index is 0.0146. The number of pyridine rings is 1. The van der Waals surface area contributed by atoms with Gasteiger partial charge in [0.15, 0.2) is 10.8 Å². The fourth-order valence-electron chi connectivity index (χ4n) is 3.17. The smallest absolute Gasteiger partial charge is 0.274 e. The number of thiazole rings is 1. The van der Waals surface area contributed by atoms with Crippen molar-refractivity contribution in [1.29, 1.82) is 0 Å². The van der Waals surface area contributed by atoms with Gasteiger partial charge in [-0.25, -0.2) is 9.97 Å². The number of piperidine rings is 1.